The van der Waals surface area contributed by atoms with Gasteiger partial charge in [0, 0.05) is 17.2 Å². The quantitative estimate of drug-likeness (QED) is 0.748. The van der Waals surface area contributed by atoms with Crippen LogP contribution in [0.3, 0.4) is 0 Å². The van der Waals surface area contributed by atoms with Gasteiger partial charge in [0.15, 0.2) is 0 Å². The largest absolute Gasteiger partial charge is 0.355 e. The van der Waals surface area contributed by atoms with Crippen LogP contribution in [0.4, 0.5) is 0 Å². The first kappa shape index (κ1) is 17.9. The average molecular weight is 334 g/mol. The van der Waals surface area contributed by atoms with Crippen molar-refractivity contribution in [1.82, 2.24) is 5.32 Å². The summed E-state index contributed by atoms with van der Waals surface area (Å²) in [5.41, 5.74) is 0. The van der Waals surface area contributed by atoms with Crippen molar-refractivity contribution in [3.63, 3.8) is 0 Å². The molecule has 0 atom stereocenters. The molecule has 1 heterocycles. The fourth-order valence-electron chi connectivity index (χ4n) is 2.20. The van der Waals surface area contributed by atoms with Gasteiger partial charge in [0.05, 0.1) is 10.1 Å². The number of rotatable bonds is 8. The summed E-state index contributed by atoms with van der Waals surface area (Å²) in [5.74, 6) is 3.22. The van der Waals surface area contributed by atoms with Gasteiger partial charge < -0.3 is 5.32 Å². The summed E-state index contributed by atoms with van der Waals surface area (Å²) < 4.78 is 0.807. The topological polar surface area (TPSA) is 29.1 Å². The van der Waals surface area contributed by atoms with Gasteiger partial charge in [-0.1, -0.05) is 39.3 Å². The van der Waals surface area contributed by atoms with E-state index in [9.17, 15) is 4.79 Å². The van der Waals surface area contributed by atoms with Crippen molar-refractivity contribution >= 4 is 40.6 Å². The van der Waals surface area contributed by atoms with E-state index in [0.29, 0.717) is 23.5 Å². The maximum atomic E-state index is 11.8. The Morgan fingerprint density at radius 1 is 1.30 bits per heavy atom. The second-order valence-electron chi connectivity index (χ2n) is 5.65. The SMILES string of the molecule is CC(C)C(CNC(=O)CSCc1ccc(Cl)s1)C(C)C. The molecule has 5 heteroatoms. The Kier molecular flexibility index (Phi) is 8.00. The second-order valence-corrected chi connectivity index (χ2v) is 8.44. The minimum Gasteiger partial charge on any atom is -0.355 e. The summed E-state index contributed by atoms with van der Waals surface area (Å²) in [6, 6.07) is 3.92. The fourth-order valence-corrected chi connectivity index (χ4v) is 4.25. The molecule has 0 aliphatic rings. The number of thiophene rings is 1. The molecule has 1 aromatic heterocycles. The zero-order valence-corrected chi connectivity index (χ0v) is 15.0. The van der Waals surface area contributed by atoms with Crippen LogP contribution in [-0.4, -0.2) is 18.2 Å². The summed E-state index contributed by atoms with van der Waals surface area (Å²) in [7, 11) is 0. The molecule has 1 amide bonds. The molecular formula is C15H24ClNOS2. The third kappa shape index (κ3) is 6.51. The molecule has 1 N–H and O–H groups in total. The molecule has 20 heavy (non-hydrogen) atoms. The van der Waals surface area contributed by atoms with Crippen molar-refractivity contribution in [2.75, 3.05) is 12.3 Å². The van der Waals surface area contributed by atoms with Gasteiger partial charge in [-0.2, -0.15) is 0 Å². The lowest BCUT2D eigenvalue weighted by atomic mass is 9.85. The van der Waals surface area contributed by atoms with Crippen LogP contribution in [0.5, 0.6) is 0 Å². The van der Waals surface area contributed by atoms with Crippen LogP contribution in [0, 0.1) is 17.8 Å². The van der Waals surface area contributed by atoms with Crippen LogP contribution in [0.2, 0.25) is 4.34 Å². The van der Waals surface area contributed by atoms with Gasteiger partial charge in [-0.15, -0.1) is 23.1 Å². The van der Waals surface area contributed by atoms with Crippen molar-refractivity contribution in [2.24, 2.45) is 17.8 Å². The molecule has 0 saturated carbocycles. The number of halogens is 1. The van der Waals surface area contributed by atoms with Crippen LogP contribution in [0.25, 0.3) is 0 Å². The molecule has 0 radical (unpaired) electrons. The third-order valence-electron chi connectivity index (χ3n) is 3.35. The number of amides is 1. The van der Waals surface area contributed by atoms with Crippen molar-refractivity contribution in [1.29, 1.82) is 0 Å². The molecule has 0 saturated heterocycles. The molecule has 0 aliphatic heterocycles. The van der Waals surface area contributed by atoms with Crippen LogP contribution in [-0.2, 0) is 10.5 Å². The van der Waals surface area contributed by atoms with E-state index in [-0.39, 0.29) is 5.91 Å². The third-order valence-corrected chi connectivity index (χ3v) is 5.75. The fraction of sp³-hybridized carbons (Fsp3) is 0.667. The highest BCUT2D eigenvalue weighted by molar-refractivity contribution is 7.99. The van der Waals surface area contributed by atoms with Gasteiger partial charge in [0.25, 0.3) is 0 Å². The lowest BCUT2D eigenvalue weighted by Gasteiger charge is -2.25. The summed E-state index contributed by atoms with van der Waals surface area (Å²) in [6.45, 7) is 9.63. The Morgan fingerprint density at radius 2 is 1.95 bits per heavy atom. The van der Waals surface area contributed by atoms with E-state index >= 15 is 0 Å². The monoisotopic (exact) mass is 333 g/mol. The number of carbonyl (C=O) groups is 1. The number of hydrogen-bond donors (Lipinski definition) is 1. The van der Waals surface area contributed by atoms with Gasteiger partial charge in [-0.05, 0) is 29.9 Å². The molecule has 0 bridgehead atoms. The van der Waals surface area contributed by atoms with Crippen molar-refractivity contribution in [3.05, 3.63) is 21.3 Å². The van der Waals surface area contributed by atoms with Crippen LogP contribution in [0.15, 0.2) is 12.1 Å². The standard InChI is InChI=1S/C15H24ClNOS2/c1-10(2)13(11(3)4)7-17-15(18)9-19-8-12-5-6-14(16)20-12/h5-6,10-11,13H,7-9H2,1-4H3,(H,17,18). The Labute approximate surface area is 135 Å². The zero-order chi connectivity index (χ0) is 15.1. The van der Waals surface area contributed by atoms with E-state index in [1.165, 1.54) is 4.88 Å². The number of nitrogens with one attached hydrogen (secondary N) is 1. The lowest BCUT2D eigenvalue weighted by Crippen LogP contribution is -2.34. The molecule has 0 aliphatic carbocycles. The van der Waals surface area contributed by atoms with Gasteiger partial charge >= 0.3 is 0 Å². The molecule has 0 aromatic carbocycles. The van der Waals surface area contributed by atoms with Crippen LogP contribution >= 0.6 is 34.7 Å². The second kappa shape index (κ2) is 8.96. The van der Waals surface area contributed by atoms with Crippen LogP contribution < -0.4 is 5.32 Å². The van der Waals surface area contributed by atoms with E-state index < -0.39 is 0 Å². The van der Waals surface area contributed by atoms with Crippen molar-refractivity contribution < 1.29 is 4.79 Å². The minimum absolute atomic E-state index is 0.129. The highest BCUT2D eigenvalue weighted by Gasteiger charge is 2.18. The summed E-state index contributed by atoms with van der Waals surface area (Å²) in [4.78, 5) is 13.1. The number of thioether (sulfide) groups is 1. The summed E-state index contributed by atoms with van der Waals surface area (Å²) in [6.07, 6.45) is 0. The Bertz CT molecular complexity index is 410. The van der Waals surface area contributed by atoms with Gasteiger partial charge in [0.2, 0.25) is 5.91 Å². The maximum absolute atomic E-state index is 11.8. The molecule has 2 nitrogen and oxygen atoms in total. The molecule has 1 rings (SSSR count). The Balaban J connectivity index is 2.23. The van der Waals surface area contributed by atoms with E-state index in [1.54, 1.807) is 23.1 Å². The first-order chi connectivity index (χ1) is 9.40. The number of hydrogen-bond acceptors (Lipinski definition) is 3. The molecular weight excluding hydrogens is 310 g/mol. The number of carbonyl (C=O) groups excluding carboxylic acids is 1. The molecule has 114 valence electrons. The van der Waals surface area contributed by atoms with Gasteiger partial charge in [0.1, 0.15) is 0 Å². The van der Waals surface area contributed by atoms with Gasteiger partial charge in [-0.3, -0.25) is 4.79 Å². The van der Waals surface area contributed by atoms with E-state index in [1.807, 2.05) is 12.1 Å². The zero-order valence-electron chi connectivity index (χ0n) is 12.6. The van der Waals surface area contributed by atoms with Crippen LogP contribution in [0.1, 0.15) is 32.6 Å². The van der Waals surface area contributed by atoms with E-state index in [0.717, 1.165) is 16.6 Å². The summed E-state index contributed by atoms with van der Waals surface area (Å²) in [5, 5.41) is 3.05. The maximum Gasteiger partial charge on any atom is 0.230 e. The minimum atomic E-state index is 0.129. The van der Waals surface area contributed by atoms with Crippen molar-refractivity contribution in [2.45, 2.75) is 33.4 Å². The average Bonchev–Trinajstić information content (AvgIpc) is 2.74. The molecule has 0 fully saturated rings. The first-order valence-corrected chi connectivity index (χ1v) is 9.33. The predicted molar refractivity (Wildman–Crippen MR) is 91.7 cm³/mol. The predicted octanol–water partition coefficient (Wildman–Crippen LogP) is 4.68. The highest BCUT2D eigenvalue weighted by Crippen LogP contribution is 2.25. The molecule has 1 aromatic rings. The van der Waals surface area contributed by atoms with E-state index in [4.69, 9.17) is 11.6 Å². The Hall–Kier alpha value is -0.190. The van der Waals surface area contributed by atoms with E-state index in [2.05, 4.69) is 33.0 Å². The smallest absolute Gasteiger partial charge is 0.230 e. The summed E-state index contributed by atoms with van der Waals surface area (Å²) >= 11 is 9.09. The molecule has 0 unspecified atom stereocenters. The Morgan fingerprint density at radius 3 is 2.45 bits per heavy atom. The highest BCUT2D eigenvalue weighted by atomic mass is 35.5. The lowest BCUT2D eigenvalue weighted by molar-refractivity contribution is -0.118. The van der Waals surface area contributed by atoms with Gasteiger partial charge in [-0.25, -0.2) is 0 Å². The normalized spacial score (nSPS) is 11.6. The van der Waals surface area contributed by atoms with Crippen molar-refractivity contribution in [3.8, 4) is 0 Å². The molecule has 0 spiro atoms. The first-order valence-electron chi connectivity index (χ1n) is 6.98.